The van der Waals surface area contributed by atoms with Crippen LogP contribution in [-0.2, 0) is 17.8 Å². The van der Waals surface area contributed by atoms with Gasteiger partial charge in [-0.2, -0.15) is 0 Å². The van der Waals surface area contributed by atoms with E-state index in [1.165, 1.54) is 10.9 Å². The summed E-state index contributed by atoms with van der Waals surface area (Å²) in [6.07, 6.45) is 3.49. The summed E-state index contributed by atoms with van der Waals surface area (Å²) in [6.45, 7) is 3.20. The van der Waals surface area contributed by atoms with E-state index in [-0.39, 0.29) is 23.8 Å². The summed E-state index contributed by atoms with van der Waals surface area (Å²) in [7, 11) is 0. The SMILES string of the molecule is CCC(N)C(=O)N(CCc1c[nH]c2ccccc12)Cc1ccccc1.Cl.O. The van der Waals surface area contributed by atoms with Crippen LogP contribution < -0.4 is 5.73 Å². The average Bonchev–Trinajstić information content (AvgIpc) is 3.08. The van der Waals surface area contributed by atoms with Crippen LogP contribution in [0.1, 0.15) is 24.5 Å². The topological polar surface area (TPSA) is 93.6 Å². The lowest BCUT2D eigenvalue weighted by Gasteiger charge is -2.25. The Labute approximate surface area is 166 Å². The number of rotatable bonds is 7. The molecule has 3 rings (SSSR count). The van der Waals surface area contributed by atoms with E-state index in [1.54, 1.807) is 0 Å². The number of nitrogens with zero attached hydrogens (tertiary/aromatic N) is 1. The highest BCUT2D eigenvalue weighted by atomic mass is 35.5. The summed E-state index contributed by atoms with van der Waals surface area (Å²) < 4.78 is 0. The number of halogens is 1. The number of aromatic nitrogens is 1. The van der Waals surface area contributed by atoms with Crippen molar-refractivity contribution in [2.24, 2.45) is 5.73 Å². The van der Waals surface area contributed by atoms with E-state index < -0.39 is 6.04 Å². The fraction of sp³-hybridized carbons (Fsp3) is 0.286. The first-order valence-electron chi connectivity index (χ1n) is 8.82. The van der Waals surface area contributed by atoms with Crippen molar-refractivity contribution < 1.29 is 10.3 Å². The van der Waals surface area contributed by atoms with Gasteiger partial charge in [-0.25, -0.2) is 0 Å². The molecule has 0 fully saturated rings. The number of amides is 1. The van der Waals surface area contributed by atoms with E-state index in [4.69, 9.17) is 5.73 Å². The molecule has 0 bridgehead atoms. The predicted molar refractivity (Wildman–Crippen MR) is 113 cm³/mol. The molecule has 5 N–H and O–H groups in total. The Morgan fingerprint density at radius 3 is 2.48 bits per heavy atom. The second kappa shape index (κ2) is 10.7. The Bertz CT molecular complexity index is 836. The van der Waals surface area contributed by atoms with Gasteiger partial charge < -0.3 is 21.1 Å². The molecular formula is C21H28ClN3O2. The first-order chi connectivity index (χ1) is 12.2. The molecule has 0 saturated carbocycles. The van der Waals surface area contributed by atoms with Gasteiger partial charge in [-0.05, 0) is 30.0 Å². The number of hydrogen-bond donors (Lipinski definition) is 2. The number of H-pyrrole nitrogens is 1. The molecule has 0 saturated heterocycles. The van der Waals surface area contributed by atoms with Gasteiger partial charge in [0.2, 0.25) is 5.91 Å². The molecule has 0 spiro atoms. The monoisotopic (exact) mass is 389 g/mol. The van der Waals surface area contributed by atoms with Crippen LogP contribution in [0.2, 0.25) is 0 Å². The minimum Gasteiger partial charge on any atom is -0.412 e. The number of nitrogens with two attached hydrogens (primary N) is 1. The Morgan fingerprint density at radius 1 is 1.11 bits per heavy atom. The summed E-state index contributed by atoms with van der Waals surface area (Å²) in [5, 5.41) is 1.22. The number of nitrogens with one attached hydrogen (secondary N) is 1. The normalized spacial score (nSPS) is 11.3. The molecule has 0 aliphatic carbocycles. The lowest BCUT2D eigenvalue weighted by molar-refractivity contribution is -0.133. The summed E-state index contributed by atoms with van der Waals surface area (Å²) in [5.41, 5.74) is 9.49. The number of hydrogen-bond acceptors (Lipinski definition) is 2. The van der Waals surface area contributed by atoms with Gasteiger partial charge in [0, 0.05) is 30.2 Å². The van der Waals surface area contributed by atoms with Gasteiger partial charge in [-0.3, -0.25) is 4.79 Å². The van der Waals surface area contributed by atoms with Crippen LogP contribution in [0.25, 0.3) is 10.9 Å². The zero-order valence-corrected chi connectivity index (χ0v) is 16.3. The molecule has 1 heterocycles. The van der Waals surface area contributed by atoms with E-state index in [0.29, 0.717) is 19.5 Å². The fourth-order valence-electron chi connectivity index (χ4n) is 3.07. The maximum Gasteiger partial charge on any atom is 0.239 e. The van der Waals surface area contributed by atoms with Crippen molar-refractivity contribution in [2.75, 3.05) is 6.54 Å². The lowest BCUT2D eigenvalue weighted by Crippen LogP contribution is -2.43. The summed E-state index contributed by atoms with van der Waals surface area (Å²) in [6, 6.07) is 17.9. The van der Waals surface area contributed by atoms with Crippen molar-refractivity contribution in [1.82, 2.24) is 9.88 Å². The molecule has 146 valence electrons. The first kappa shape index (κ1) is 22.7. The molecule has 0 radical (unpaired) electrons. The van der Waals surface area contributed by atoms with Crippen molar-refractivity contribution >= 4 is 29.2 Å². The van der Waals surface area contributed by atoms with Crippen LogP contribution in [0.5, 0.6) is 0 Å². The third-order valence-corrected chi connectivity index (χ3v) is 4.61. The average molecular weight is 390 g/mol. The summed E-state index contributed by atoms with van der Waals surface area (Å²) in [4.78, 5) is 17.9. The molecule has 0 aliphatic rings. The van der Waals surface area contributed by atoms with Gasteiger partial charge in [0.15, 0.2) is 0 Å². The van der Waals surface area contributed by atoms with Crippen LogP contribution >= 0.6 is 12.4 Å². The number of carbonyl (C=O) groups is 1. The minimum atomic E-state index is -0.438. The van der Waals surface area contributed by atoms with Crippen LogP contribution in [-0.4, -0.2) is 33.9 Å². The highest BCUT2D eigenvalue weighted by Crippen LogP contribution is 2.19. The Morgan fingerprint density at radius 2 is 1.78 bits per heavy atom. The number of aromatic amines is 1. The molecule has 3 aromatic rings. The summed E-state index contributed by atoms with van der Waals surface area (Å²) >= 11 is 0. The molecule has 5 nitrogen and oxygen atoms in total. The Hall–Kier alpha value is -2.34. The molecular weight excluding hydrogens is 362 g/mol. The van der Waals surface area contributed by atoms with Gasteiger partial charge in [0.05, 0.1) is 6.04 Å². The van der Waals surface area contributed by atoms with Crippen molar-refractivity contribution in [2.45, 2.75) is 32.4 Å². The van der Waals surface area contributed by atoms with Crippen molar-refractivity contribution in [1.29, 1.82) is 0 Å². The number of para-hydroxylation sites is 1. The molecule has 1 aromatic heterocycles. The van der Waals surface area contributed by atoms with Crippen molar-refractivity contribution in [3.8, 4) is 0 Å². The molecule has 6 heteroatoms. The van der Waals surface area contributed by atoms with Crippen molar-refractivity contribution in [3.05, 3.63) is 71.9 Å². The van der Waals surface area contributed by atoms with Gasteiger partial charge in [0.25, 0.3) is 0 Å². The third kappa shape index (κ3) is 5.57. The highest BCUT2D eigenvalue weighted by Gasteiger charge is 2.20. The van der Waals surface area contributed by atoms with Crippen LogP contribution in [0.3, 0.4) is 0 Å². The van der Waals surface area contributed by atoms with E-state index in [1.807, 2.05) is 60.5 Å². The predicted octanol–water partition coefficient (Wildman–Crippen LogP) is 3.07. The molecule has 27 heavy (non-hydrogen) atoms. The van der Waals surface area contributed by atoms with E-state index in [9.17, 15) is 4.79 Å². The van der Waals surface area contributed by atoms with Crippen LogP contribution in [0, 0.1) is 0 Å². The minimum absolute atomic E-state index is 0. The number of benzene rings is 2. The molecule has 0 aliphatic heterocycles. The highest BCUT2D eigenvalue weighted by molar-refractivity contribution is 5.85. The van der Waals surface area contributed by atoms with Crippen LogP contribution in [0.4, 0.5) is 0 Å². The number of carbonyl (C=O) groups excluding carboxylic acids is 1. The first-order valence-corrected chi connectivity index (χ1v) is 8.82. The smallest absolute Gasteiger partial charge is 0.239 e. The van der Waals surface area contributed by atoms with E-state index in [2.05, 4.69) is 17.1 Å². The summed E-state index contributed by atoms with van der Waals surface area (Å²) in [5.74, 6) is 0.0196. The molecule has 1 atom stereocenters. The standard InChI is InChI=1S/C21H25N3O.ClH.H2O/c1-2-19(22)21(25)24(15-16-8-4-3-5-9-16)13-12-17-14-23-20-11-7-6-10-18(17)20;;/h3-11,14,19,23H,2,12-13,15,22H2,1H3;1H;1H2. The zero-order chi connectivity index (χ0) is 17.6. The molecule has 1 amide bonds. The molecule has 2 aromatic carbocycles. The Kier molecular flexibility index (Phi) is 9.02. The maximum atomic E-state index is 12.7. The van der Waals surface area contributed by atoms with Crippen molar-refractivity contribution in [3.63, 3.8) is 0 Å². The fourth-order valence-corrected chi connectivity index (χ4v) is 3.07. The zero-order valence-electron chi connectivity index (χ0n) is 15.5. The van der Waals surface area contributed by atoms with Gasteiger partial charge in [-0.1, -0.05) is 55.5 Å². The quantitative estimate of drug-likeness (QED) is 0.649. The van der Waals surface area contributed by atoms with Gasteiger partial charge in [0.1, 0.15) is 0 Å². The van der Waals surface area contributed by atoms with Crippen LogP contribution in [0.15, 0.2) is 60.8 Å². The maximum absolute atomic E-state index is 12.7. The largest absolute Gasteiger partial charge is 0.412 e. The second-order valence-corrected chi connectivity index (χ2v) is 6.37. The van der Waals surface area contributed by atoms with Gasteiger partial charge in [-0.15, -0.1) is 12.4 Å². The second-order valence-electron chi connectivity index (χ2n) is 6.37. The number of fused-ring (bicyclic) bond motifs is 1. The lowest BCUT2D eigenvalue weighted by atomic mass is 10.1. The Balaban J connectivity index is 0.00000182. The third-order valence-electron chi connectivity index (χ3n) is 4.61. The van der Waals surface area contributed by atoms with E-state index >= 15 is 0 Å². The molecule has 1 unspecified atom stereocenters. The van der Waals surface area contributed by atoms with E-state index in [0.717, 1.165) is 17.5 Å². The van der Waals surface area contributed by atoms with Gasteiger partial charge >= 0.3 is 0 Å².